The first-order chi connectivity index (χ1) is 7.69. The predicted molar refractivity (Wildman–Crippen MR) is 65.4 cm³/mol. The Bertz CT molecular complexity index is 214. The first kappa shape index (κ1) is 13.5. The van der Waals surface area contributed by atoms with Crippen LogP contribution in [-0.2, 0) is 4.79 Å². The third kappa shape index (κ3) is 3.78. The van der Waals surface area contributed by atoms with Gasteiger partial charge in [-0.3, -0.25) is 4.79 Å². The summed E-state index contributed by atoms with van der Waals surface area (Å²) in [7, 11) is 0. The van der Waals surface area contributed by atoms with Gasteiger partial charge in [0, 0.05) is 0 Å². The lowest BCUT2D eigenvalue weighted by atomic mass is 9.95. The van der Waals surface area contributed by atoms with Gasteiger partial charge in [-0.25, -0.2) is 0 Å². The molecule has 94 valence electrons. The second-order valence-corrected chi connectivity index (χ2v) is 4.98. The third-order valence-electron chi connectivity index (χ3n) is 3.97. The molecule has 1 saturated carbocycles. The first-order valence-corrected chi connectivity index (χ1v) is 6.62. The largest absolute Gasteiger partial charge is 0.481 e. The Kier molecular flexibility index (Phi) is 5.81. The highest BCUT2D eigenvalue weighted by atomic mass is 16.4. The van der Waals surface area contributed by atoms with Crippen molar-refractivity contribution in [1.82, 2.24) is 5.32 Å². The monoisotopic (exact) mass is 227 g/mol. The molecule has 0 bridgehead atoms. The number of aliphatic carboxylic acids is 1. The van der Waals surface area contributed by atoms with Crippen molar-refractivity contribution in [2.75, 3.05) is 13.1 Å². The molecule has 3 nitrogen and oxygen atoms in total. The minimum atomic E-state index is -0.605. The zero-order valence-electron chi connectivity index (χ0n) is 10.5. The Morgan fingerprint density at radius 1 is 1.38 bits per heavy atom. The highest BCUT2D eigenvalue weighted by Crippen LogP contribution is 2.31. The summed E-state index contributed by atoms with van der Waals surface area (Å²) in [5.74, 6) is 0.387. The van der Waals surface area contributed by atoms with Crippen LogP contribution in [0.25, 0.3) is 0 Å². The SMILES string of the molecule is CCC(CC)CNCC1CCCC1C(=O)O. The molecule has 0 aliphatic heterocycles. The van der Waals surface area contributed by atoms with Crippen molar-refractivity contribution in [1.29, 1.82) is 0 Å². The number of rotatable bonds is 7. The van der Waals surface area contributed by atoms with Crippen LogP contribution in [0.2, 0.25) is 0 Å². The van der Waals surface area contributed by atoms with Crippen LogP contribution < -0.4 is 5.32 Å². The normalized spacial score (nSPS) is 25.2. The summed E-state index contributed by atoms with van der Waals surface area (Å²) in [6.45, 7) is 6.35. The number of hydrogen-bond donors (Lipinski definition) is 2. The van der Waals surface area contributed by atoms with Crippen LogP contribution in [0.1, 0.15) is 46.0 Å². The number of nitrogens with one attached hydrogen (secondary N) is 1. The zero-order valence-corrected chi connectivity index (χ0v) is 10.5. The van der Waals surface area contributed by atoms with E-state index >= 15 is 0 Å². The molecular formula is C13H25NO2. The van der Waals surface area contributed by atoms with Gasteiger partial charge in [-0.05, 0) is 37.8 Å². The molecule has 0 saturated heterocycles. The van der Waals surface area contributed by atoms with Crippen molar-refractivity contribution in [2.45, 2.75) is 46.0 Å². The van der Waals surface area contributed by atoms with E-state index in [1.54, 1.807) is 0 Å². The van der Waals surface area contributed by atoms with Crippen molar-refractivity contribution in [3.63, 3.8) is 0 Å². The van der Waals surface area contributed by atoms with E-state index in [9.17, 15) is 4.79 Å². The molecule has 1 rings (SSSR count). The Morgan fingerprint density at radius 2 is 2.06 bits per heavy atom. The summed E-state index contributed by atoms with van der Waals surface area (Å²) >= 11 is 0. The average molecular weight is 227 g/mol. The van der Waals surface area contributed by atoms with Crippen LogP contribution in [-0.4, -0.2) is 24.2 Å². The van der Waals surface area contributed by atoms with Gasteiger partial charge in [0.25, 0.3) is 0 Å². The summed E-state index contributed by atoms with van der Waals surface area (Å²) in [4.78, 5) is 11.0. The average Bonchev–Trinajstić information content (AvgIpc) is 2.72. The first-order valence-electron chi connectivity index (χ1n) is 6.62. The molecule has 1 fully saturated rings. The van der Waals surface area contributed by atoms with Crippen molar-refractivity contribution in [3.8, 4) is 0 Å². The van der Waals surface area contributed by atoms with Gasteiger partial charge in [-0.1, -0.05) is 33.1 Å². The van der Waals surface area contributed by atoms with Gasteiger partial charge in [0.2, 0.25) is 0 Å². The number of carboxylic acids is 1. The highest BCUT2D eigenvalue weighted by Gasteiger charge is 2.32. The van der Waals surface area contributed by atoms with Gasteiger partial charge < -0.3 is 10.4 Å². The molecule has 2 unspecified atom stereocenters. The fourth-order valence-electron chi connectivity index (χ4n) is 2.66. The Hall–Kier alpha value is -0.570. The van der Waals surface area contributed by atoms with Crippen LogP contribution in [0.5, 0.6) is 0 Å². The van der Waals surface area contributed by atoms with Crippen LogP contribution >= 0.6 is 0 Å². The minimum Gasteiger partial charge on any atom is -0.481 e. The maximum absolute atomic E-state index is 11.0. The van der Waals surface area contributed by atoms with E-state index < -0.39 is 5.97 Å². The van der Waals surface area contributed by atoms with Crippen molar-refractivity contribution < 1.29 is 9.90 Å². The van der Waals surface area contributed by atoms with Gasteiger partial charge >= 0.3 is 5.97 Å². The van der Waals surface area contributed by atoms with E-state index in [2.05, 4.69) is 19.2 Å². The predicted octanol–water partition coefficient (Wildman–Crippen LogP) is 2.51. The number of carbonyl (C=O) groups is 1. The van der Waals surface area contributed by atoms with E-state index in [-0.39, 0.29) is 5.92 Å². The van der Waals surface area contributed by atoms with E-state index in [4.69, 9.17) is 5.11 Å². The maximum atomic E-state index is 11.0. The summed E-state index contributed by atoms with van der Waals surface area (Å²) in [5.41, 5.74) is 0. The van der Waals surface area contributed by atoms with Crippen LogP contribution in [0.15, 0.2) is 0 Å². The summed E-state index contributed by atoms with van der Waals surface area (Å²) < 4.78 is 0. The topological polar surface area (TPSA) is 49.3 Å². The molecule has 3 heteroatoms. The lowest BCUT2D eigenvalue weighted by Gasteiger charge is -2.19. The van der Waals surface area contributed by atoms with Crippen LogP contribution in [0.3, 0.4) is 0 Å². The minimum absolute atomic E-state index is 0.103. The molecule has 0 heterocycles. The molecule has 2 N–H and O–H groups in total. The summed E-state index contributed by atoms with van der Waals surface area (Å²) in [5, 5.41) is 12.5. The van der Waals surface area contributed by atoms with E-state index in [0.29, 0.717) is 5.92 Å². The lowest BCUT2D eigenvalue weighted by Crippen LogP contribution is -2.31. The zero-order chi connectivity index (χ0) is 12.0. The van der Waals surface area contributed by atoms with Gasteiger partial charge in [0.15, 0.2) is 0 Å². The second-order valence-electron chi connectivity index (χ2n) is 4.98. The van der Waals surface area contributed by atoms with Crippen molar-refractivity contribution in [2.24, 2.45) is 17.8 Å². The standard InChI is InChI=1S/C13H25NO2/c1-3-10(4-2)8-14-9-11-6-5-7-12(11)13(15)16/h10-12,14H,3-9H2,1-2H3,(H,15,16). The third-order valence-corrected chi connectivity index (χ3v) is 3.97. The molecular weight excluding hydrogens is 202 g/mol. The molecule has 0 radical (unpaired) electrons. The second kappa shape index (κ2) is 6.89. The van der Waals surface area contributed by atoms with Gasteiger partial charge in [-0.2, -0.15) is 0 Å². The molecule has 1 aliphatic rings. The van der Waals surface area contributed by atoms with Gasteiger partial charge in [0.05, 0.1) is 5.92 Å². The molecule has 1 aliphatic carbocycles. The summed E-state index contributed by atoms with van der Waals surface area (Å²) in [6, 6.07) is 0. The number of hydrogen-bond acceptors (Lipinski definition) is 2. The summed E-state index contributed by atoms with van der Waals surface area (Å²) in [6.07, 6.45) is 5.43. The lowest BCUT2D eigenvalue weighted by molar-refractivity contribution is -0.142. The molecule has 0 aromatic rings. The fraction of sp³-hybridized carbons (Fsp3) is 0.923. The number of carboxylic acid groups (broad SMARTS) is 1. The van der Waals surface area contributed by atoms with E-state index in [0.717, 1.165) is 38.3 Å². The molecule has 0 aromatic carbocycles. The van der Waals surface area contributed by atoms with E-state index in [1.807, 2.05) is 0 Å². The van der Waals surface area contributed by atoms with Gasteiger partial charge in [0.1, 0.15) is 0 Å². The van der Waals surface area contributed by atoms with Gasteiger partial charge in [-0.15, -0.1) is 0 Å². The van der Waals surface area contributed by atoms with Crippen molar-refractivity contribution in [3.05, 3.63) is 0 Å². The molecule has 0 spiro atoms. The van der Waals surface area contributed by atoms with Crippen LogP contribution in [0, 0.1) is 17.8 Å². The van der Waals surface area contributed by atoms with Crippen molar-refractivity contribution >= 4 is 5.97 Å². The Morgan fingerprint density at radius 3 is 2.62 bits per heavy atom. The fourth-order valence-corrected chi connectivity index (χ4v) is 2.66. The molecule has 16 heavy (non-hydrogen) atoms. The Balaban J connectivity index is 2.24. The highest BCUT2D eigenvalue weighted by molar-refractivity contribution is 5.70. The van der Waals surface area contributed by atoms with E-state index in [1.165, 1.54) is 12.8 Å². The molecule has 0 amide bonds. The Labute approximate surface area is 98.6 Å². The smallest absolute Gasteiger partial charge is 0.306 e. The molecule has 2 atom stereocenters. The molecule has 0 aromatic heterocycles. The maximum Gasteiger partial charge on any atom is 0.306 e. The van der Waals surface area contributed by atoms with Crippen LogP contribution in [0.4, 0.5) is 0 Å². The quantitative estimate of drug-likeness (QED) is 0.702.